The number of rotatable bonds is 2. The lowest BCUT2D eigenvalue weighted by Gasteiger charge is -2.45. The van der Waals surface area contributed by atoms with E-state index < -0.39 is 10.3 Å². The van der Waals surface area contributed by atoms with Crippen LogP contribution in [0.25, 0.3) is 0 Å². The van der Waals surface area contributed by atoms with Crippen molar-refractivity contribution in [2.75, 3.05) is 13.1 Å². The van der Waals surface area contributed by atoms with E-state index in [0.29, 0.717) is 13.0 Å². The molecule has 4 rings (SSSR count). The summed E-state index contributed by atoms with van der Waals surface area (Å²) in [6, 6.07) is 9.06. The van der Waals surface area contributed by atoms with Gasteiger partial charge in [-0.15, -0.1) is 0 Å². The predicted molar refractivity (Wildman–Crippen MR) is 85.3 cm³/mol. The van der Waals surface area contributed by atoms with Gasteiger partial charge in [-0.25, -0.2) is 4.79 Å². The summed E-state index contributed by atoms with van der Waals surface area (Å²) in [4.78, 5) is 14.2. The molecule has 0 spiro atoms. The first-order valence-electron chi connectivity index (χ1n) is 8.24. The molecule has 1 saturated carbocycles. The van der Waals surface area contributed by atoms with Crippen LogP contribution in [-0.4, -0.2) is 55.0 Å². The van der Waals surface area contributed by atoms with Gasteiger partial charge in [-0.2, -0.15) is 12.7 Å². The van der Waals surface area contributed by atoms with Crippen molar-refractivity contribution >= 4 is 16.4 Å². The maximum absolute atomic E-state index is 12.5. The highest BCUT2D eigenvalue weighted by molar-refractivity contribution is 7.84. The summed E-state index contributed by atoms with van der Waals surface area (Å²) in [6.45, 7) is 0.819. The molecule has 130 valence electrons. The summed E-state index contributed by atoms with van der Waals surface area (Å²) < 4.78 is 36.3. The number of carbonyl (C=O) groups excluding carboxylic acids is 1. The molecule has 2 saturated heterocycles. The first-order valence-corrected chi connectivity index (χ1v) is 9.60. The Bertz CT molecular complexity index is 723. The van der Waals surface area contributed by atoms with Crippen molar-refractivity contribution in [2.45, 2.75) is 44.1 Å². The largest absolute Gasteiger partial charge is 0.445 e. The van der Waals surface area contributed by atoms with E-state index in [9.17, 15) is 13.2 Å². The number of hydrogen-bond acceptors (Lipinski definition) is 5. The highest BCUT2D eigenvalue weighted by Crippen LogP contribution is 2.39. The third kappa shape index (κ3) is 2.68. The highest BCUT2D eigenvalue weighted by atomic mass is 32.2. The van der Waals surface area contributed by atoms with E-state index in [1.807, 2.05) is 30.3 Å². The molecule has 3 fully saturated rings. The van der Waals surface area contributed by atoms with E-state index in [-0.39, 0.29) is 37.4 Å². The Labute approximate surface area is 141 Å². The van der Waals surface area contributed by atoms with Gasteiger partial charge in [-0.05, 0) is 24.8 Å². The summed E-state index contributed by atoms with van der Waals surface area (Å²) in [5, 5.41) is 0. The van der Waals surface area contributed by atoms with Gasteiger partial charge >= 0.3 is 16.4 Å². The Kier molecular flexibility index (Phi) is 3.98. The number of carbonyl (C=O) groups is 1. The van der Waals surface area contributed by atoms with E-state index in [0.717, 1.165) is 18.4 Å². The highest BCUT2D eigenvalue weighted by Gasteiger charge is 2.55. The monoisotopic (exact) mass is 352 g/mol. The van der Waals surface area contributed by atoms with Crippen molar-refractivity contribution in [3.8, 4) is 0 Å². The van der Waals surface area contributed by atoms with E-state index in [1.54, 1.807) is 4.90 Å². The molecule has 0 unspecified atom stereocenters. The molecule has 1 aromatic rings. The van der Waals surface area contributed by atoms with Gasteiger partial charge in [-0.1, -0.05) is 30.3 Å². The molecule has 0 aromatic heterocycles. The Hall–Kier alpha value is -1.64. The summed E-state index contributed by atoms with van der Waals surface area (Å²) in [5.41, 5.74) is 0.929. The van der Waals surface area contributed by atoms with E-state index in [2.05, 4.69) is 0 Å². The molecule has 2 heterocycles. The number of hydrogen-bond donors (Lipinski definition) is 0. The number of piperazine rings is 1. The molecular weight excluding hydrogens is 332 g/mol. The molecule has 3 atom stereocenters. The van der Waals surface area contributed by atoms with Gasteiger partial charge in [0.1, 0.15) is 6.61 Å². The summed E-state index contributed by atoms with van der Waals surface area (Å²) in [5.74, 6) is 0. The van der Waals surface area contributed by atoms with Crippen LogP contribution >= 0.6 is 0 Å². The lowest BCUT2D eigenvalue weighted by atomic mass is 9.85. The third-order valence-electron chi connectivity index (χ3n) is 5.03. The molecular formula is C16H20N2O5S. The van der Waals surface area contributed by atoms with Crippen LogP contribution in [0.3, 0.4) is 0 Å². The lowest BCUT2D eigenvalue weighted by molar-refractivity contribution is 0.00548. The van der Waals surface area contributed by atoms with Crippen LogP contribution in [0.15, 0.2) is 30.3 Å². The standard InChI is InChI=1S/C16H20N2O5S/c19-16(22-11-12-5-2-1-3-6-12)17-9-10-18-15-13(17)7-4-8-14(15)23-24(18,20)21/h1-3,5-6,13-15H,4,7-11H2/t13-,14+,15-/m0/s1. The number of amides is 1. The zero-order valence-electron chi connectivity index (χ0n) is 13.2. The van der Waals surface area contributed by atoms with Crippen LogP contribution in [0.4, 0.5) is 4.79 Å². The van der Waals surface area contributed by atoms with Crippen LogP contribution in [-0.2, 0) is 25.8 Å². The summed E-state index contributed by atoms with van der Waals surface area (Å²) in [7, 11) is -3.65. The SMILES string of the molecule is O=C(OCc1ccccc1)N1CCN2[C@@H]3[C@@H](CCC[C@@H]31)OS2(=O)=O. The van der Waals surface area contributed by atoms with Crippen LogP contribution in [0, 0.1) is 0 Å². The first kappa shape index (κ1) is 15.9. The van der Waals surface area contributed by atoms with E-state index >= 15 is 0 Å². The van der Waals surface area contributed by atoms with Crippen LogP contribution in [0.2, 0.25) is 0 Å². The maximum Gasteiger partial charge on any atom is 0.410 e. The zero-order chi connectivity index (χ0) is 16.7. The van der Waals surface area contributed by atoms with Crippen molar-refractivity contribution in [2.24, 2.45) is 0 Å². The Morgan fingerprint density at radius 2 is 2.00 bits per heavy atom. The van der Waals surface area contributed by atoms with Crippen molar-refractivity contribution in [3.63, 3.8) is 0 Å². The molecule has 1 aromatic carbocycles. The molecule has 3 aliphatic rings. The molecule has 24 heavy (non-hydrogen) atoms. The quantitative estimate of drug-likeness (QED) is 0.806. The molecule has 0 bridgehead atoms. The molecule has 1 aliphatic carbocycles. The molecule has 1 amide bonds. The minimum atomic E-state index is -3.65. The Balaban J connectivity index is 1.48. The van der Waals surface area contributed by atoms with Gasteiger partial charge < -0.3 is 9.64 Å². The summed E-state index contributed by atoms with van der Waals surface area (Å²) >= 11 is 0. The fraction of sp³-hybridized carbons (Fsp3) is 0.562. The van der Waals surface area contributed by atoms with Gasteiger partial charge in [0.2, 0.25) is 0 Å². The Morgan fingerprint density at radius 3 is 2.79 bits per heavy atom. The normalized spacial score (nSPS) is 31.5. The van der Waals surface area contributed by atoms with Crippen LogP contribution in [0.5, 0.6) is 0 Å². The second kappa shape index (κ2) is 6.02. The minimum absolute atomic E-state index is 0.168. The van der Waals surface area contributed by atoms with Crippen molar-refractivity contribution < 1.29 is 22.1 Å². The van der Waals surface area contributed by atoms with Crippen molar-refractivity contribution in [1.82, 2.24) is 9.21 Å². The Morgan fingerprint density at radius 1 is 1.21 bits per heavy atom. The van der Waals surface area contributed by atoms with Crippen LogP contribution in [0.1, 0.15) is 24.8 Å². The third-order valence-corrected chi connectivity index (χ3v) is 6.52. The smallest absolute Gasteiger partial charge is 0.410 e. The molecule has 2 aliphatic heterocycles. The molecule has 0 N–H and O–H groups in total. The fourth-order valence-corrected chi connectivity index (χ4v) is 5.48. The molecule has 0 radical (unpaired) electrons. The van der Waals surface area contributed by atoms with E-state index in [1.165, 1.54) is 4.31 Å². The lowest BCUT2D eigenvalue weighted by Crippen LogP contribution is -2.63. The topological polar surface area (TPSA) is 76.2 Å². The van der Waals surface area contributed by atoms with Crippen molar-refractivity contribution in [3.05, 3.63) is 35.9 Å². The summed E-state index contributed by atoms with van der Waals surface area (Å²) in [6.07, 6.45) is 1.60. The molecule has 8 heteroatoms. The predicted octanol–water partition coefficient (Wildman–Crippen LogP) is 1.51. The maximum atomic E-state index is 12.5. The average Bonchev–Trinajstić information content (AvgIpc) is 2.86. The van der Waals surface area contributed by atoms with Gasteiger partial charge in [0, 0.05) is 13.1 Å². The minimum Gasteiger partial charge on any atom is -0.445 e. The van der Waals surface area contributed by atoms with Gasteiger partial charge in [-0.3, -0.25) is 4.18 Å². The van der Waals surface area contributed by atoms with Gasteiger partial charge in [0.05, 0.1) is 18.2 Å². The second-order valence-electron chi connectivity index (χ2n) is 6.43. The molecule has 7 nitrogen and oxygen atoms in total. The first-order chi connectivity index (χ1) is 11.6. The van der Waals surface area contributed by atoms with Crippen molar-refractivity contribution in [1.29, 1.82) is 0 Å². The zero-order valence-corrected chi connectivity index (χ0v) is 14.0. The van der Waals surface area contributed by atoms with Gasteiger partial charge in [0.15, 0.2) is 0 Å². The average molecular weight is 352 g/mol. The van der Waals surface area contributed by atoms with E-state index in [4.69, 9.17) is 8.92 Å². The number of benzene rings is 1. The number of nitrogens with zero attached hydrogens (tertiary/aromatic N) is 2. The fourth-order valence-electron chi connectivity index (χ4n) is 3.96. The number of ether oxygens (including phenoxy) is 1. The van der Waals surface area contributed by atoms with Crippen LogP contribution < -0.4 is 0 Å². The van der Waals surface area contributed by atoms with Gasteiger partial charge in [0.25, 0.3) is 0 Å². The second-order valence-corrected chi connectivity index (χ2v) is 7.94.